The molecule has 86 valence electrons. The number of fused-ring (bicyclic) bond motifs is 1. The van der Waals surface area contributed by atoms with E-state index in [-0.39, 0.29) is 13.2 Å². The minimum atomic E-state index is 0.0309. The van der Waals surface area contributed by atoms with Crippen LogP contribution in [0.25, 0.3) is 11.2 Å². The molecule has 0 bridgehead atoms. The molecular formula is C9H13N5O2. The van der Waals surface area contributed by atoms with E-state index in [2.05, 4.69) is 25.3 Å². The number of anilines is 1. The highest BCUT2D eigenvalue weighted by molar-refractivity contribution is 5.82. The Morgan fingerprint density at radius 1 is 1.25 bits per heavy atom. The highest BCUT2D eigenvalue weighted by Gasteiger charge is 2.08. The van der Waals surface area contributed by atoms with E-state index in [0.29, 0.717) is 35.8 Å². The highest BCUT2D eigenvalue weighted by atomic mass is 16.3. The predicted molar refractivity (Wildman–Crippen MR) is 58.0 cm³/mol. The van der Waals surface area contributed by atoms with Crippen LogP contribution in [0.4, 0.5) is 5.82 Å². The monoisotopic (exact) mass is 223 g/mol. The number of rotatable bonds is 5. The maximum absolute atomic E-state index is 8.81. The van der Waals surface area contributed by atoms with E-state index in [0.717, 1.165) is 0 Å². The summed E-state index contributed by atoms with van der Waals surface area (Å²) >= 11 is 0. The van der Waals surface area contributed by atoms with Crippen LogP contribution in [0.5, 0.6) is 0 Å². The van der Waals surface area contributed by atoms with Gasteiger partial charge < -0.3 is 20.5 Å². The normalized spacial score (nSPS) is 10.9. The first-order valence-electron chi connectivity index (χ1n) is 5.00. The summed E-state index contributed by atoms with van der Waals surface area (Å²) in [5.74, 6) is 1.28. The second-order valence-electron chi connectivity index (χ2n) is 3.23. The van der Waals surface area contributed by atoms with E-state index in [1.165, 1.54) is 6.33 Å². The van der Waals surface area contributed by atoms with Crippen LogP contribution < -0.4 is 5.32 Å². The van der Waals surface area contributed by atoms with Gasteiger partial charge in [0.15, 0.2) is 11.5 Å². The van der Waals surface area contributed by atoms with E-state index in [1.807, 2.05) is 0 Å². The molecule has 0 aromatic carbocycles. The summed E-state index contributed by atoms with van der Waals surface area (Å²) in [6.45, 7) is 0.482. The zero-order chi connectivity index (χ0) is 11.4. The molecule has 0 amide bonds. The second kappa shape index (κ2) is 4.86. The molecule has 0 unspecified atom stereocenters. The van der Waals surface area contributed by atoms with Gasteiger partial charge in [0, 0.05) is 13.0 Å². The molecule has 4 N–H and O–H groups in total. The van der Waals surface area contributed by atoms with Gasteiger partial charge >= 0.3 is 0 Å². The average Bonchev–Trinajstić information content (AvgIpc) is 2.69. The first kappa shape index (κ1) is 10.8. The summed E-state index contributed by atoms with van der Waals surface area (Å²) in [6.07, 6.45) is 1.86. The van der Waals surface area contributed by atoms with Crippen molar-refractivity contribution in [1.82, 2.24) is 19.9 Å². The minimum absolute atomic E-state index is 0.0309. The van der Waals surface area contributed by atoms with Crippen molar-refractivity contribution in [2.75, 3.05) is 25.1 Å². The van der Waals surface area contributed by atoms with Crippen LogP contribution in [0.2, 0.25) is 0 Å². The van der Waals surface area contributed by atoms with Gasteiger partial charge in [-0.2, -0.15) is 0 Å². The smallest absolute Gasteiger partial charge is 0.183 e. The number of hydrogen-bond donors (Lipinski definition) is 4. The van der Waals surface area contributed by atoms with Crippen LogP contribution >= 0.6 is 0 Å². The molecule has 0 atom stereocenters. The van der Waals surface area contributed by atoms with Crippen LogP contribution in [0.1, 0.15) is 5.82 Å². The fourth-order valence-electron chi connectivity index (χ4n) is 1.41. The largest absolute Gasteiger partial charge is 0.396 e. The van der Waals surface area contributed by atoms with Crippen LogP contribution in [-0.2, 0) is 6.42 Å². The van der Waals surface area contributed by atoms with Gasteiger partial charge in [-0.05, 0) is 0 Å². The average molecular weight is 223 g/mol. The predicted octanol–water partition coefficient (Wildman–Crippen LogP) is -0.708. The Labute approximate surface area is 91.6 Å². The summed E-state index contributed by atoms with van der Waals surface area (Å²) in [5, 5.41) is 20.5. The first-order valence-corrected chi connectivity index (χ1v) is 5.00. The number of nitrogens with zero attached hydrogens (tertiary/aromatic N) is 3. The van der Waals surface area contributed by atoms with Crippen LogP contribution in [0, 0.1) is 0 Å². The zero-order valence-electron chi connectivity index (χ0n) is 8.64. The maximum atomic E-state index is 8.81. The van der Waals surface area contributed by atoms with Crippen molar-refractivity contribution >= 4 is 17.0 Å². The van der Waals surface area contributed by atoms with Gasteiger partial charge in [-0.15, -0.1) is 0 Å². The molecule has 0 spiro atoms. The number of aromatic amines is 1. The van der Waals surface area contributed by atoms with Gasteiger partial charge in [-0.3, -0.25) is 0 Å². The Bertz CT molecular complexity index is 470. The van der Waals surface area contributed by atoms with Crippen LogP contribution in [0.15, 0.2) is 6.33 Å². The number of nitrogens with one attached hydrogen (secondary N) is 2. The molecule has 0 aliphatic heterocycles. The van der Waals surface area contributed by atoms with E-state index < -0.39 is 0 Å². The Morgan fingerprint density at radius 2 is 2.12 bits per heavy atom. The third-order valence-electron chi connectivity index (χ3n) is 2.09. The lowest BCUT2D eigenvalue weighted by Gasteiger charge is -2.02. The highest BCUT2D eigenvalue weighted by Crippen LogP contribution is 2.16. The topological polar surface area (TPSA) is 107 Å². The number of aliphatic hydroxyl groups is 2. The Balaban J connectivity index is 2.34. The maximum Gasteiger partial charge on any atom is 0.183 e. The van der Waals surface area contributed by atoms with Gasteiger partial charge in [0.25, 0.3) is 0 Å². The number of hydrogen-bond acceptors (Lipinski definition) is 6. The second-order valence-corrected chi connectivity index (χ2v) is 3.23. The SMILES string of the molecule is OCCNc1ncnc2nc(CCO)[nH]c12. The van der Waals surface area contributed by atoms with Gasteiger partial charge in [0.1, 0.15) is 17.7 Å². The fraction of sp³-hybridized carbons (Fsp3) is 0.444. The molecule has 7 nitrogen and oxygen atoms in total. The summed E-state index contributed by atoms with van der Waals surface area (Å²) in [4.78, 5) is 15.3. The summed E-state index contributed by atoms with van der Waals surface area (Å²) in [6, 6.07) is 0. The molecule has 0 radical (unpaired) electrons. The molecule has 16 heavy (non-hydrogen) atoms. The van der Waals surface area contributed by atoms with Crippen LogP contribution in [-0.4, -0.2) is 49.9 Å². The van der Waals surface area contributed by atoms with Gasteiger partial charge in [0.05, 0.1) is 13.2 Å². The Hall–Kier alpha value is -1.73. The number of imidazole rings is 1. The van der Waals surface area contributed by atoms with Crippen molar-refractivity contribution in [2.24, 2.45) is 0 Å². The van der Waals surface area contributed by atoms with E-state index >= 15 is 0 Å². The lowest BCUT2D eigenvalue weighted by atomic mass is 10.4. The van der Waals surface area contributed by atoms with E-state index in [1.54, 1.807) is 0 Å². The van der Waals surface area contributed by atoms with Crippen molar-refractivity contribution in [3.63, 3.8) is 0 Å². The molecule has 0 aliphatic rings. The van der Waals surface area contributed by atoms with Gasteiger partial charge in [-0.25, -0.2) is 15.0 Å². The molecule has 7 heteroatoms. The van der Waals surface area contributed by atoms with Crippen molar-refractivity contribution in [3.8, 4) is 0 Å². The molecule has 0 aliphatic carbocycles. The molecule has 0 saturated carbocycles. The summed E-state index contributed by atoms with van der Waals surface area (Å²) < 4.78 is 0. The number of aromatic nitrogens is 4. The lowest BCUT2D eigenvalue weighted by molar-refractivity contribution is 0.297. The molecule has 2 rings (SSSR count). The Kier molecular flexibility index (Phi) is 3.28. The number of aliphatic hydroxyl groups excluding tert-OH is 2. The van der Waals surface area contributed by atoms with Gasteiger partial charge in [-0.1, -0.05) is 0 Å². The number of H-pyrrole nitrogens is 1. The third kappa shape index (κ3) is 2.10. The molecule has 0 saturated heterocycles. The minimum Gasteiger partial charge on any atom is -0.396 e. The standard InChI is InChI=1S/C9H13N5O2/c15-3-1-6-13-7-8(10-2-4-16)11-5-12-9(7)14-6/h5,15-16H,1-4H2,(H2,10,11,12,13,14). The van der Waals surface area contributed by atoms with Crippen molar-refractivity contribution < 1.29 is 10.2 Å². The molecule has 2 heterocycles. The Morgan fingerprint density at radius 3 is 2.88 bits per heavy atom. The fourth-order valence-corrected chi connectivity index (χ4v) is 1.41. The summed E-state index contributed by atoms with van der Waals surface area (Å²) in [5.41, 5.74) is 1.25. The first-order chi connectivity index (χ1) is 7.85. The van der Waals surface area contributed by atoms with E-state index in [9.17, 15) is 0 Å². The summed E-state index contributed by atoms with van der Waals surface area (Å²) in [7, 11) is 0. The van der Waals surface area contributed by atoms with Gasteiger partial charge in [0.2, 0.25) is 0 Å². The third-order valence-corrected chi connectivity index (χ3v) is 2.09. The molecule has 0 fully saturated rings. The molecule has 2 aromatic rings. The van der Waals surface area contributed by atoms with Crippen molar-refractivity contribution in [3.05, 3.63) is 12.2 Å². The molecular weight excluding hydrogens is 210 g/mol. The zero-order valence-corrected chi connectivity index (χ0v) is 8.64. The molecule has 2 aromatic heterocycles. The van der Waals surface area contributed by atoms with Crippen LogP contribution in [0.3, 0.4) is 0 Å². The van der Waals surface area contributed by atoms with Crippen molar-refractivity contribution in [2.45, 2.75) is 6.42 Å². The van der Waals surface area contributed by atoms with E-state index in [4.69, 9.17) is 10.2 Å². The quantitative estimate of drug-likeness (QED) is 0.533. The van der Waals surface area contributed by atoms with Crippen molar-refractivity contribution in [1.29, 1.82) is 0 Å². The lowest BCUT2D eigenvalue weighted by Crippen LogP contribution is -2.07.